The topological polar surface area (TPSA) is 64.3 Å². The fourth-order valence-electron chi connectivity index (χ4n) is 2.38. The van der Waals surface area contributed by atoms with E-state index < -0.39 is 12.0 Å². The molecule has 0 fully saturated rings. The van der Waals surface area contributed by atoms with Gasteiger partial charge in [0, 0.05) is 18.3 Å². The average Bonchev–Trinajstić information content (AvgIpc) is 2.92. The SMILES string of the molecule is Cc1cc(NCCC2=CCOCC2)n2nc(C(F)(F)F)nc2n1. The van der Waals surface area contributed by atoms with Crippen LogP contribution in [0.2, 0.25) is 0 Å². The molecule has 0 atom stereocenters. The van der Waals surface area contributed by atoms with Gasteiger partial charge in [-0.15, -0.1) is 5.10 Å². The molecule has 1 aliphatic heterocycles. The number of nitrogens with one attached hydrogen (secondary N) is 1. The molecule has 0 bridgehead atoms. The van der Waals surface area contributed by atoms with Crippen LogP contribution in [0.5, 0.6) is 0 Å². The predicted molar refractivity (Wildman–Crippen MR) is 77.1 cm³/mol. The zero-order chi connectivity index (χ0) is 16.4. The van der Waals surface area contributed by atoms with Gasteiger partial charge < -0.3 is 10.1 Å². The first-order chi connectivity index (χ1) is 10.9. The van der Waals surface area contributed by atoms with Crippen molar-refractivity contribution in [3.8, 4) is 0 Å². The van der Waals surface area contributed by atoms with Gasteiger partial charge in [0.05, 0.1) is 13.2 Å². The summed E-state index contributed by atoms with van der Waals surface area (Å²) in [6.07, 6.45) is -0.872. The molecule has 0 spiro atoms. The van der Waals surface area contributed by atoms with Crippen LogP contribution in [0.25, 0.3) is 5.78 Å². The Labute approximate surface area is 130 Å². The van der Waals surface area contributed by atoms with Crippen LogP contribution in [0.1, 0.15) is 24.4 Å². The van der Waals surface area contributed by atoms with Crippen molar-refractivity contribution >= 4 is 11.6 Å². The van der Waals surface area contributed by atoms with E-state index in [9.17, 15) is 13.2 Å². The molecule has 2 aromatic heterocycles. The van der Waals surface area contributed by atoms with E-state index in [1.807, 2.05) is 6.08 Å². The molecule has 124 valence electrons. The van der Waals surface area contributed by atoms with Gasteiger partial charge in [-0.05, 0) is 19.8 Å². The molecule has 1 aliphatic rings. The Morgan fingerprint density at radius 2 is 2.17 bits per heavy atom. The van der Waals surface area contributed by atoms with E-state index in [2.05, 4.69) is 20.4 Å². The number of aryl methyl sites for hydroxylation is 1. The van der Waals surface area contributed by atoms with Gasteiger partial charge in [-0.25, -0.2) is 4.98 Å². The lowest BCUT2D eigenvalue weighted by molar-refractivity contribution is -0.144. The highest BCUT2D eigenvalue weighted by molar-refractivity contribution is 5.45. The fourth-order valence-corrected chi connectivity index (χ4v) is 2.38. The van der Waals surface area contributed by atoms with Gasteiger partial charge in [0.25, 0.3) is 11.6 Å². The third kappa shape index (κ3) is 3.61. The summed E-state index contributed by atoms with van der Waals surface area (Å²) in [7, 11) is 0. The lowest BCUT2D eigenvalue weighted by Crippen LogP contribution is -2.12. The Morgan fingerprint density at radius 1 is 1.35 bits per heavy atom. The average molecular weight is 327 g/mol. The maximum atomic E-state index is 12.7. The number of hydrogen-bond donors (Lipinski definition) is 1. The van der Waals surface area contributed by atoms with Gasteiger partial charge in [-0.1, -0.05) is 11.6 Å². The lowest BCUT2D eigenvalue weighted by atomic mass is 10.1. The first-order valence-corrected chi connectivity index (χ1v) is 7.24. The highest BCUT2D eigenvalue weighted by atomic mass is 19.4. The van der Waals surface area contributed by atoms with Crippen LogP contribution in [-0.4, -0.2) is 39.3 Å². The molecule has 1 N–H and O–H groups in total. The van der Waals surface area contributed by atoms with Crippen molar-refractivity contribution in [2.75, 3.05) is 25.1 Å². The Morgan fingerprint density at radius 3 is 2.87 bits per heavy atom. The molecule has 0 aliphatic carbocycles. The van der Waals surface area contributed by atoms with Crippen molar-refractivity contribution in [2.24, 2.45) is 0 Å². The zero-order valence-corrected chi connectivity index (χ0v) is 12.5. The molecule has 0 saturated carbocycles. The van der Waals surface area contributed by atoms with Crippen molar-refractivity contribution in [3.05, 3.63) is 29.2 Å². The van der Waals surface area contributed by atoms with E-state index in [0.717, 1.165) is 17.4 Å². The number of alkyl halides is 3. The van der Waals surface area contributed by atoms with Crippen LogP contribution in [0.3, 0.4) is 0 Å². The molecular formula is C14H16F3N5O. The second-order valence-corrected chi connectivity index (χ2v) is 5.29. The van der Waals surface area contributed by atoms with Gasteiger partial charge in [0.2, 0.25) is 0 Å². The second kappa shape index (κ2) is 6.15. The molecule has 0 amide bonds. The molecular weight excluding hydrogens is 311 g/mol. The van der Waals surface area contributed by atoms with Crippen LogP contribution in [0, 0.1) is 6.92 Å². The minimum Gasteiger partial charge on any atom is -0.377 e. The molecule has 2 aromatic rings. The second-order valence-electron chi connectivity index (χ2n) is 5.29. The summed E-state index contributed by atoms with van der Waals surface area (Å²) >= 11 is 0. The quantitative estimate of drug-likeness (QED) is 0.875. The number of hydrogen-bond acceptors (Lipinski definition) is 5. The van der Waals surface area contributed by atoms with Gasteiger partial charge in [-0.3, -0.25) is 0 Å². The van der Waals surface area contributed by atoms with Crippen molar-refractivity contribution in [3.63, 3.8) is 0 Å². The number of ether oxygens (including phenoxy) is 1. The normalized spacial score (nSPS) is 15.7. The van der Waals surface area contributed by atoms with Gasteiger partial charge in [-0.2, -0.15) is 22.7 Å². The fraction of sp³-hybridized carbons (Fsp3) is 0.500. The van der Waals surface area contributed by atoms with Crippen LogP contribution in [-0.2, 0) is 10.9 Å². The van der Waals surface area contributed by atoms with Crippen LogP contribution >= 0.6 is 0 Å². The third-order valence-corrected chi connectivity index (χ3v) is 3.50. The lowest BCUT2D eigenvalue weighted by Gasteiger charge is -2.14. The number of rotatable bonds is 4. The smallest absolute Gasteiger partial charge is 0.377 e. The number of halogens is 3. The predicted octanol–water partition coefficient (Wildman–Crippen LogP) is 2.60. The molecule has 3 rings (SSSR count). The summed E-state index contributed by atoms with van der Waals surface area (Å²) in [6, 6.07) is 1.65. The Bertz CT molecular complexity index is 738. The Hall–Kier alpha value is -2.16. The van der Waals surface area contributed by atoms with Gasteiger partial charge >= 0.3 is 6.18 Å². The maximum Gasteiger partial charge on any atom is 0.453 e. The van der Waals surface area contributed by atoms with Crippen LogP contribution in [0.4, 0.5) is 19.0 Å². The summed E-state index contributed by atoms with van der Waals surface area (Å²) < 4.78 is 44.6. The maximum absolute atomic E-state index is 12.7. The van der Waals surface area contributed by atoms with Gasteiger partial charge in [0.15, 0.2) is 0 Å². The van der Waals surface area contributed by atoms with Gasteiger partial charge in [0.1, 0.15) is 5.82 Å². The molecule has 9 heteroatoms. The van der Waals surface area contributed by atoms with Crippen LogP contribution in [0.15, 0.2) is 17.7 Å². The molecule has 6 nitrogen and oxygen atoms in total. The molecule has 0 aromatic carbocycles. The summed E-state index contributed by atoms with van der Waals surface area (Å²) in [5.74, 6) is -0.806. The van der Waals surface area contributed by atoms with E-state index >= 15 is 0 Å². The third-order valence-electron chi connectivity index (χ3n) is 3.50. The zero-order valence-electron chi connectivity index (χ0n) is 12.5. The van der Waals surface area contributed by atoms with E-state index in [1.165, 1.54) is 5.57 Å². The minimum atomic E-state index is -4.59. The van der Waals surface area contributed by atoms with Crippen molar-refractivity contribution in [2.45, 2.75) is 25.9 Å². The Kier molecular flexibility index (Phi) is 4.20. The first kappa shape index (κ1) is 15.7. The molecule has 0 radical (unpaired) electrons. The van der Waals surface area contributed by atoms with E-state index in [4.69, 9.17) is 4.74 Å². The Balaban J connectivity index is 1.79. The molecule has 0 saturated heterocycles. The largest absolute Gasteiger partial charge is 0.453 e. The van der Waals surface area contributed by atoms with Crippen molar-refractivity contribution in [1.82, 2.24) is 19.6 Å². The minimum absolute atomic E-state index is 0.0647. The summed E-state index contributed by atoms with van der Waals surface area (Å²) in [6.45, 7) is 3.62. The summed E-state index contributed by atoms with van der Waals surface area (Å²) in [4.78, 5) is 7.44. The summed E-state index contributed by atoms with van der Waals surface area (Å²) in [5.41, 5.74) is 1.85. The number of nitrogens with zero attached hydrogens (tertiary/aromatic N) is 4. The molecule has 3 heterocycles. The monoisotopic (exact) mass is 327 g/mol. The number of anilines is 1. The van der Waals surface area contributed by atoms with Crippen molar-refractivity contribution in [1.29, 1.82) is 0 Å². The standard InChI is InChI=1S/C14H16F3N5O/c1-9-8-11(18-5-2-10-3-6-23-7-4-10)22-13(19-9)20-12(21-22)14(15,16)17/h3,8,18H,2,4-7H2,1H3. The highest BCUT2D eigenvalue weighted by Gasteiger charge is 2.36. The van der Waals surface area contributed by atoms with E-state index in [1.54, 1.807) is 13.0 Å². The van der Waals surface area contributed by atoms with E-state index in [0.29, 0.717) is 31.3 Å². The first-order valence-electron chi connectivity index (χ1n) is 7.24. The number of aromatic nitrogens is 4. The van der Waals surface area contributed by atoms with Crippen molar-refractivity contribution < 1.29 is 17.9 Å². The number of fused-ring (bicyclic) bond motifs is 1. The van der Waals surface area contributed by atoms with Crippen LogP contribution < -0.4 is 5.32 Å². The molecule has 23 heavy (non-hydrogen) atoms. The summed E-state index contributed by atoms with van der Waals surface area (Å²) in [5, 5.41) is 6.62. The van der Waals surface area contributed by atoms with E-state index in [-0.39, 0.29) is 5.78 Å². The molecule has 0 unspecified atom stereocenters. The highest BCUT2D eigenvalue weighted by Crippen LogP contribution is 2.27.